The molecule has 0 amide bonds. The maximum atomic E-state index is 6.32. The fraction of sp³-hybridized carbons (Fsp3) is 0.154. The molecule has 0 aliphatic heterocycles. The van der Waals surface area contributed by atoms with E-state index in [9.17, 15) is 0 Å². The van der Waals surface area contributed by atoms with Gasteiger partial charge in [-0.25, -0.2) is 4.57 Å². The zero-order chi connectivity index (χ0) is 10.5. The Bertz CT molecular complexity index is 399. The van der Waals surface area contributed by atoms with E-state index >= 15 is 0 Å². The SMILES string of the molecule is ClC(C[n+]1ccccc1)c1ccccc1. The highest BCUT2D eigenvalue weighted by Gasteiger charge is 2.12. The lowest BCUT2D eigenvalue weighted by Crippen LogP contribution is -2.34. The monoisotopic (exact) mass is 218 g/mol. The summed E-state index contributed by atoms with van der Waals surface area (Å²) in [4.78, 5) is 0. The average molecular weight is 219 g/mol. The Labute approximate surface area is 95.0 Å². The van der Waals surface area contributed by atoms with Crippen molar-refractivity contribution in [2.45, 2.75) is 11.9 Å². The Hall–Kier alpha value is -1.34. The van der Waals surface area contributed by atoms with Gasteiger partial charge >= 0.3 is 0 Å². The Morgan fingerprint density at radius 3 is 2.20 bits per heavy atom. The number of hydrogen-bond donors (Lipinski definition) is 0. The maximum absolute atomic E-state index is 6.32. The Balaban J connectivity index is 2.08. The molecule has 0 aliphatic carbocycles. The van der Waals surface area contributed by atoms with Gasteiger partial charge in [0, 0.05) is 12.1 Å². The first kappa shape index (κ1) is 10.2. The normalized spacial score (nSPS) is 12.3. The van der Waals surface area contributed by atoms with Crippen molar-refractivity contribution in [1.29, 1.82) is 0 Å². The van der Waals surface area contributed by atoms with Crippen molar-refractivity contribution < 1.29 is 4.57 Å². The maximum Gasteiger partial charge on any atom is 0.168 e. The largest absolute Gasteiger partial charge is 0.203 e. The molecule has 1 unspecified atom stereocenters. The molecule has 76 valence electrons. The fourth-order valence-corrected chi connectivity index (χ4v) is 1.81. The third-order valence-corrected chi connectivity index (χ3v) is 2.70. The first-order valence-electron chi connectivity index (χ1n) is 4.99. The van der Waals surface area contributed by atoms with Crippen molar-refractivity contribution in [3.05, 3.63) is 66.5 Å². The second kappa shape index (κ2) is 4.94. The van der Waals surface area contributed by atoms with E-state index in [0.717, 1.165) is 12.1 Å². The lowest BCUT2D eigenvalue weighted by molar-refractivity contribution is -0.697. The van der Waals surface area contributed by atoms with E-state index in [4.69, 9.17) is 11.6 Å². The molecule has 0 radical (unpaired) electrons. The molecular weight excluding hydrogens is 206 g/mol. The molecule has 0 saturated heterocycles. The molecular formula is C13H13ClN+. The molecule has 1 atom stereocenters. The summed E-state index contributed by atoms with van der Waals surface area (Å²) in [5, 5.41) is 0.0265. The van der Waals surface area contributed by atoms with Crippen molar-refractivity contribution in [2.24, 2.45) is 0 Å². The average Bonchev–Trinajstić information content (AvgIpc) is 2.31. The molecule has 0 spiro atoms. The molecule has 0 aliphatic rings. The molecule has 0 fully saturated rings. The Kier molecular flexibility index (Phi) is 3.36. The lowest BCUT2D eigenvalue weighted by Gasteiger charge is -2.05. The summed E-state index contributed by atoms with van der Waals surface area (Å²) in [6, 6.07) is 16.2. The second-order valence-electron chi connectivity index (χ2n) is 3.45. The molecule has 15 heavy (non-hydrogen) atoms. The van der Waals surface area contributed by atoms with Crippen LogP contribution in [0.3, 0.4) is 0 Å². The topological polar surface area (TPSA) is 3.88 Å². The minimum atomic E-state index is 0.0265. The number of hydrogen-bond acceptors (Lipinski definition) is 0. The molecule has 2 rings (SSSR count). The Morgan fingerprint density at radius 2 is 1.53 bits per heavy atom. The van der Waals surface area contributed by atoms with Gasteiger partial charge in [-0.1, -0.05) is 36.4 Å². The van der Waals surface area contributed by atoms with Crippen LogP contribution in [0.15, 0.2) is 60.9 Å². The zero-order valence-corrected chi connectivity index (χ0v) is 9.14. The van der Waals surface area contributed by atoms with Crippen molar-refractivity contribution in [1.82, 2.24) is 0 Å². The number of aromatic nitrogens is 1. The van der Waals surface area contributed by atoms with Crippen LogP contribution < -0.4 is 4.57 Å². The van der Waals surface area contributed by atoms with Gasteiger partial charge < -0.3 is 0 Å². The van der Waals surface area contributed by atoms with Gasteiger partial charge in [0.25, 0.3) is 0 Å². The highest BCUT2D eigenvalue weighted by Crippen LogP contribution is 2.19. The van der Waals surface area contributed by atoms with Gasteiger partial charge in [-0.05, 0) is 5.56 Å². The van der Waals surface area contributed by atoms with Gasteiger partial charge in [0.2, 0.25) is 0 Å². The summed E-state index contributed by atoms with van der Waals surface area (Å²) in [6.07, 6.45) is 4.05. The van der Waals surface area contributed by atoms with Crippen LogP contribution >= 0.6 is 11.6 Å². The molecule has 1 aromatic carbocycles. The van der Waals surface area contributed by atoms with Crippen LogP contribution in [0.2, 0.25) is 0 Å². The van der Waals surface area contributed by atoms with E-state index in [2.05, 4.69) is 16.7 Å². The van der Waals surface area contributed by atoms with Gasteiger partial charge in [-0.2, -0.15) is 0 Å². The van der Waals surface area contributed by atoms with Crippen LogP contribution in [0.1, 0.15) is 10.9 Å². The molecule has 1 nitrogen and oxygen atoms in total. The van der Waals surface area contributed by atoms with Crippen molar-refractivity contribution in [3.8, 4) is 0 Å². The van der Waals surface area contributed by atoms with Gasteiger partial charge in [0.05, 0.1) is 0 Å². The fourth-order valence-electron chi connectivity index (χ4n) is 1.51. The van der Waals surface area contributed by atoms with Gasteiger partial charge in [0.15, 0.2) is 18.9 Å². The van der Waals surface area contributed by atoms with Crippen molar-refractivity contribution in [3.63, 3.8) is 0 Å². The van der Waals surface area contributed by atoms with Crippen molar-refractivity contribution in [2.75, 3.05) is 0 Å². The van der Waals surface area contributed by atoms with Crippen LogP contribution in [0.4, 0.5) is 0 Å². The molecule has 2 heteroatoms. The van der Waals surface area contributed by atoms with Crippen LogP contribution in [0.25, 0.3) is 0 Å². The van der Waals surface area contributed by atoms with Crippen LogP contribution in [-0.4, -0.2) is 0 Å². The van der Waals surface area contributed by atoms with Crippen LogP contribution in [0.5, 0.6) is 0 Å². The summed E-state index contributed by atoms with van der Waals surface area (Å²) >= 11 is 6.32. The predicted octanol–water partition coefficient (Wildman–Crippen LogP) is 2.95. The molecule has 1 aromatic heterocycles. The van der Waals surface area contributed by atoms with Crippen LogP contribution in [0, 0.1) is 0 Å². The smallest absolute Gasteiger partial charge is 0.168 e. The summed E-state index contributed by atoms with van der Waals surface area (Å²) < 4.78 is 2.09. The van der Waals surface area contributed by atoms with E-state index in [1.165, 1.54) is 0 Å². The van der Waals surface area contributed by atoms with Gasteiger partial charge in [-0.3, -0.25) is 0 Å². The number of rotatable bonds is 3. The first-order valence-corrected chi connectivity index (χ1v) is 5.43. The molecule has 0 saturated carbocycles. The third kappa shape index (κ3) is 2.80. The quantitative estimate of drug-likeness (QED) is 0.551. The highest BCUT2D eigenvalue weighted by molar-refractivity contribution is 6.20. The summed E-state index contributed by atoms with van der Waals surface area (Å²) in [7, 11) is 0. The second-order valence-corrected chi connectivity index (χ2v) is 3.98. The summed E-state index contributed by atoms with van der Waals surface area (Å²) in [6.45, 7) is 0.798. The Morgan fingerprint density at radius 1 is 0.933 bits per heavy atom. The predicted molar refractivity (Wildman–Crippen MR) is 61.7 cm³/mol. The first-order chi connectivity index (χ1) is 7.36. The van der Waals surface area contributed by atoms with Crippen LogP contribution in [-0.2, 0) is 6.54 Å². The lowest BCUT2D eigenvalue weighted by atomic mass is 10.1. The number of benzene rings is 1. The van der Waals surface area contributed by atoms with E-state index < -0.39 is 0 Å². The number of halogens is 1. The third-order valence-electron chi connectivity index (χ3n) is 2.31. The molecule has 1 heterocycles. The van der Waals surface area contributed by atoms with E-state index in [-0.39, 0.29) is 5.38 Å². The summed E-state index contributed by atoms with van der Waals surface area (Å²) in [5.74, 6) is 0. The van der Waals surface area contributed by atoms with E-state index in [0.29, 0.717) is 0 Å². The number of pyridine rings is 1. The van der Waals surface area contributed by atoms with Crippen molar-refractivity contribution >= 4 is 11.6 Å². The minimum Gasteiger partial charge on any atom is -0.203 e. The van der Waals surface area contributed by atoms with E-state index in [1.54, 1.807) is 0 Å². The number of alkyl halides is 1. The minimum absolute atomic E-state index is 0.0265. The standard InChI is InChI=1S/C13H13ClN/c14-13(12-7-3-1-4-8-12)11-15-9-5-2-6-10-15/h1-10,13H,11H2/q+1. The molecule has 2 aromatic rings. The zero-order valence-electron chi connectivity index (χ0n) is 8.38. The highest BCUT2D eigenvalue weighted by atomic mass is 35.5. The summed E-state index contributed by atoms with van der Waals surface area (Å²) in [5.41, 5.74) is 1.16. The van der Waals surface area contributed by atoms with Gasteiger partial charge in [0.1, 0.15) is 5.38 Å². The van der Waals surface area contributed by atoms with E-state index in [1.807, 2.05) is 48.8 Å². The molecule has 0 N–H and O–H groups in total. The molecule has 0 bridgehead atoms. The van der Waals surface area contributed by atoms with Gasteiger partial charge in [-0.15, -0.1) is 11.6 Å². The number of nitrogens with zero attached hydrogens (tertiary/aromatic N) is 1.